The molecule has 1 fully saturated rings. The van der Waals surface area contributed by atoms with Crippen molar-refractivity contribution in [2.45, 2.75) is 19.0 Å². The Labute approximate surface area is 192 Å². The van der Waals surface area contributed by atoms with E-state index >= 15 is 0 Å². The van der Waals surface area contributed by atoms with Gasteiger partial charge in [-0.25, -0.2) is 0 Å². The first-order valence-electron chi connectivity index (χ1n) is 10.4. The fourth-order valence-electron chi connectivity index (χ4n) is 4.37. The fourth-order valence-corrected chi connectivity index (χ4v) is 4.71. The number of pyridine rings is 2. The Morgan fingerprint density at radius 1 is 0.969 bits per heavy atom. The van der Waals surface area contributed by atoms with Crippen molar-refractivity contribution in [2.24, 2.45) is 0 Å². The molecule has 0 bridgehead atoms. The summed E-state index contributed by atoms with van der Waals surface area (Å²) in [5.41, 5.74) is 5.04. The Hall–Kier alpha value is -3.71. The first-order valence-corrected chi connectivity index (χ1v) is 10.8. The molecule has 1 aromatic carbocycles. The number of ether oxygens (including phenoxy) is 1. The standard InChI is InChI=1S/C25H23N5OS/c1-17-12-13-21(29(17)18-8-7-14-26-16-18)24-23(19-9-5-6-15-27-19)28-25(32)30(24)20-10-3-4-11-22(20)31-2/h3-16,23-24H,1-2H3,(H,28,32)/t23-,24-/m1/s1. The van der Waals surface area contributed by atoms with E-state index in [1.54, 1.807) is 13.3 Å². The SMILES string of the molecule is COc1ccccc1N1C(=S)N[C@H](c2ccccn2)[C@H]1c1ccc(C)n1-c1cccnc1. The molecule has 4 aromatic rings. The monoisotopic (exact) mass is 441 g/mol. The highest BCUT2D eigenvalue weighted by atomic mass is 32.1. The second-order valence-corrected chi connectivity index (χ2v) is 8.00. The van der Waals surface area contributed by atoms with Gasteiger partial charge < -0.3 is 19.5 Å². The van der Waals surface area contributed by atoms with Gasteiger partial charge in [0.15, 0.2) is 5.11 Å². The van der Waals surface area contributed by atoms with Crippen LogP contribution in [0.1, 0.15) is 29.2 Å². The highest BCUT2D eigenvalue weighted by molar-refractivity contribution is 7.80. The van der Waals surface area contributed by atoms with Crippen molar-refractivity contribution in [2.75, 3.05) is 12.0 Å². The summed E-state index contributed by atoms with van der Waals surface area (Å²) < 4.78 is 7.92. The third-order valence-corrected chi connectivity index (χ3v) is 6.07. The lowest BCUT2D eigenvalue weighted by atomic mass is 10.0. The number of aromatic nitrogens is 3. The van der Waals surface area contributed by atoms with Crippen LogP contribution in [-0.4, -0.2) is 26.8 Å². The maximum Gasteiger partial charge on any atom is 0.174 e. The van der Waals surface area contributed by atoms with Gasteiger partial charge in [-0.2, -0.15) is 0 Å². The van der Waals surface area contributed by atoms with Gasteiger partial charge in [0.1, 0.15) is 11.8 Å². The lowest BCUT2D eigenvalue weighted by molar-refractivity contribution is 0.414. The van der Waals surface area contributed by atoms with Crippen LogP contribution in [0.15, 0.2) is 85.3 Å². The van der Waals surface area contributed by atoms with Crippen LogP contribution in [0.3, 0.4) is 0 Å². The number of thiocarbonyl (C=S) groups is 1. The number of benzene rings is 1. The van der Waals surface area contributed by atoms with E-state index in [2.05, 4.69) is 49.9 Å². The molecule has 2 atom stereocenters. The molecule has 0 unspecified atom stereocenters. The van der Waals surface area contributed by atoms with Crippen molar-refractivity contribution >= 4 is 23.0 Å². The minimum atomic E-state index is -0.150. The Morgan fingerprint density at radius 3 is 2.56 bits per heavy atom. The quantitative estimate of drug-likeness (QED) is 0.451. The summed E-state index contributed by atoms with van der Waals surface area (Å²) in [6, 6.07) is 21.9. The average molecular weight is 442 g/mol. The van der Waals surface area contributed by atoms with Crippen LogP contribution in [0.25, 0.3) is 5.69 Å². The first kappa shape index (κ1) is 20.2. The van der Waals surface area contributed by atoms with Crippen LogP contribution in [0.2, 0.25) is 0 Å². The van der Waals surface area contributed by atoms with E-state index in [0.717, 1.165) is 34.2 Å². The van der Waals surface area contributed by atoms with Gasteiger partial charge in [0.25, 0.3) is 0 Å². The molecule has 160 valence electrons. The molecule has 0 spiro atoms. The van der Waals surface area contributed by atoms with E-state index in [4.69, 9.17) is 17.0 Å². The highest BCUT2D eigenvalue weighted by Crippen LogP contribution is 2.45. The van der Waals surface area contributed by atoms with Crippen molar-refractivity contribution in [3.05, 3.63) is 102 Å². The largest absolute Gasteiger partial charge is 0.495 e. The number of aryl methyl sites for hydroxylation is 1. The van der Waals surface area contributed by atoms with Crippen LogP contribution >= 0.6 is 12.2 Å². The van der Waals surface area contributed by atoms with Gasteiger partial charge >= 0.3 is 0 Å². The summed E-state index contributed by atoms with van der Waals surface area (Å²) in [6.07, 6.45) is 5.47. The van der Waals surface area contributed by atoms with E-state index < -0.39 is 0 Å². The number of hydrogen-bond acceptors (Lipinski definition) is 4. The molecule has 1 aliphatic heterocycles. The topological polar surface area (TPSA) is 55.2 Å². The molecular formula is C25H23N5OS. The molecular weight excluding hydrogens is 418 g/mol. The number of hydrogen-bond donors (Lipinski definition) is 1. The molecule has 7 heteroatoms. The molecule has 1 N–H and O–H groups in total. The van der Waals surface area contributed by atoms with Crippen molar-refractivity contribution in [3.8, 4) is 11.4 Å². The molecule has 4 heterocycles. The molecule has 3 aromatic heterocycles. The molecule has 1 saturated heterocycles. The van der Waals surface area contributed by atoms with Gasteiger partial charge in [-0.05, 0) is 67.7 Å². The first-order chi connectivity index (χ1) is 15.7. The Balaban J connectivity index is 1.72. The van der Waals surface area contributed by atoms with Crippen LogP contribution in [0.4, 0.5) is 5.69 Å². The molecule has 0 radical (unpaired) electrons. The molecule has 6 nitrogen and oxygen atoms in total. The van der Waals surface area contributed by atoms with E-state index in [0.29, 0.717) is 5.11 Å². The number of para-hydroxylation sites is 2. The van der Waals surface area contributed by atoms with E-state index in [-0.39, 0.29) is 12.1 Å². The van der Waals surface area contributed by atoms with E-state index in [1.165, 1.54) is 0 Å². The van der Waals surface area contributed by atoms with Crippen LogP contribution < -0.4 is 15.0 Å². The van der Waals surface area contributed by atoms with Crippen molar-refractivity contribution < 1.29 is 4.74 Å². The molecule has 32 heavy (non-hydrogen) atoms. The average Bonchev–Trinajstić information content (AvgIpc) is 3.39. The summed E-state index contributed by atoms with van der Waals surface area (Å²) in [5, 5.41) is 4.15. The minimum absolute atomic E-state index is 0.140. The Morgan fingerprint density at radius 2 is 1.81 bits per heavy atom. The van der Waals surface area contributed by atoms with Gasteiger partial charge in [-0.15, -0.1) is 0 Å². The summed E-state index contributed by atoms with van der Waals surface area (Å²) in [6.45, 7) is 2.10. The molecule has 0 aliphatic carbocycles. The number of methoxy groups -OCH3 is 1. The molecule has 0 amide bonds. The zero-order chi connectivity index (χ0) is 22.1. The lowest BCUT2D eigenvalue weighted by Crippen LogP contribution is -2.30. The summed E-state index contributed by atoms with van der Waals surface area (Å²) in [4.78, 5) is 11.1. The van der Waals surface area contributed by atoms with Gasteiger partial charge in [-0.3, -0.25) is 9.97 Å². The zero-order valence-electron chi connectivity index (χ0n) is 17.8. The third kappa shape index (κ3) is 3.40. The molecule has 0 saturated carbocycles. The van der Waals surface area contributed by atoms with Crippen molar-refractivity contribution in [1.29, 1.82) is 0 Å². The summed E-state index contributed by atoms with van der Waals surface area (Å²) in [5.74, 6) is 0.763. The van der Waals surface area contributed by atoms with Crippen molar-refractivity contribution in [3.63, 3.8) is 0 Å². The van der Waals surface area contributed by atoms with Crippen LogP contribution in [0.5, 0.6) is 5.75 Å². The normalized spacial score (nSPS) is 17.9. The van der Waals surface area contributed by atoms with Crippen LogP contribution in [0, 0.1) is 6.92 Å². The van der Waals surface area contributed by atoms with Gasteiger partial charge in [0, 0.05) is 23.8 Å². The number of nitrogens with one attached hydrogen (secondary N) is 1. The number of nitrogens with zero attached hydrogens (tertiary/aromatic N) is 4. The number of anilines is 1. The second-order valence-electron chi connectivity index (χ2n) is 7.61. The highest BCUT2D eigenvalue weighted by Gasteiger charge is 2.43. The summed E-state index contributed by atoms with van der Waals surface area (Å²) in [7, 11) is 1.68. The van der Waals surface area contributed by atoms with Crippen molar-refractivity contribution in [1.82, 2.24) is 19.9 Å². The van der Waals surface area contributed by atoms with E-state index in [1.807, 2.05) is 60.9 Å². The summed E-state index contributed by atoms with van der Waals surface area (Å²) >= 11 is 5.86. The van der Waals surface area contributed by atoms with E-state index in [9.17, 15) is 0 Å². The Kier molecular flexibility index (Phi) is 5.33. The van der Waals surface area contributed by atoms with Gasteiger partial charge in [0.2, 0.25) is 0 Å². The molecule has 1 aliphatic rings. The van der Waals surface area contributed by atoms with Crippen LogP contribution in [-0.2, 0) is 0 Å². The molecule has 5 rings (SSSR count). The predicted molar refractivity (Wildman–Crippen MR) is 129 cm³/mol. The second kappa shape index (κ2) is 8.43. The predicted octanol–water partition coefficient (Wildman–Crippen LogP) is 4.76. The lowest BCUT2D eigenvalue weighted by Gasteiger charge is -2.30. The maximum atomic E-state index is 5.86. The third-order valence-electron chi connectivity index (χ3n) is 5.76. The van der Waals surface area contributed by atoms with Gasteiger partial charge in [-0.1, -0.05) is 18.2 Å². The van der Waals surface area contributed by atoms with Gasteiger partial charge in [0.05, 0.1) is 36.4 Å². The smallest absolute Gasteiger partial charge is 0.174 e. The fraction of sp³-hybridized carbons (Fsp3) is 0.160. The Bertz CT molecular complexity index is 1240. The number of rotatable bonds is 5. The maximum absolute atomic E-state index is 5.86. The zero-order valence-corrected chi connectivity index (χ0v) is 18.7. The minimum Gasteiger partial charge on any atom is -0.495 e.